The van der Waals surface area contributed by atoms with Crippen LogP contribution in [0.5, 0.6) is 17.2 Å². The van der Waals surface area contributed by atoms with Gasteiger partial charge in [0.2, 0.25) is 6.54 Å². The average molecular weight is 678 g/mol. The summed E-state index contributed by atoms with van der Waals surface area (Å²) in [6.45, 7) is 4.35. The molecule has 0 bridgehead atoms. The highest BCUT2D eigenvalue weighted by molar-refractivity contribution is 9.10. The van der Waals surface area contributed by atoms with E-state index in [1.165, 1.54) is 11.8 Å². The molecule has 204 valence electrons. The van der Waals surface area contributed by atoms with E-state index in [0.29, 0.717) is 45.7 Å². The van der Waals surface area contributed by atoms with Gasteiger partial charge in [0, 0.05) is 15.1 Å². The predicted octanol–water partition coefficient (Wildman–Crippen LogP) is 7.20. The molecule has 1 aromatic heterocycles. The summed E-state index contributed by atoms with van der Waals surface area (Å²) in [5, 5.41) is 20.2. The highest BCUT2D eigenvalue weighted by atomic mass is 79.9. The highest BCUT2D eigenvalue weighted by Crippen LogP contribution is 2.43. The summed E-state index contributed by atoms with van der Waals surface area (Å²) >= 11 is 8.28. The minimum atomic E-state index is -0.573. The van der Waals surface area contributed by atoms with Crippen LogP contribution in [0.15, 0.2) is 74.8 Å². The maximum absolute atomic E-state index is 11.7. The summed E-state index contributed by atoms with van der Waals surface area (Å²) in [6.07, 6.45) is 0. The largest absolute Gasteiger partial charge is 0.494 e. The molecule has 4 aromatic rings. The van der Waals surface area contributed by atoms with Crippen molar-refractivity contribution in [2.75, 3.05) is 20.3 Å². The first-order valence-electron chi connectivity index (χ1n) is 12.0. The molecule has 0 radical (unpaired) electrons. The number of nitro groups is 1. The van der Waals surface area contributed by atoms with Gasteiger partial charge in [0.25, 0.3) is 0 Å². The number of aromatic nitrogens is 3. The number of aryl methyl sites for hydroxylation is 1. The highest BCUT2D eigenvalue weighted by Gasteiger charge is 2.26. The van der Waals surface area contributed by atoms with E-state index < -0.39 is 5.25 Å². The monoisotopic (exact) mass is 676 g/mol. The van der Waals surface area contributed by atoms with Crippen molar-refractivity contribution in [1.29, 1.82) is 0 Å². The number of hydrogen-bond acceptors (Lipinski definition) is 8. The smallest absolute Gasteiger partial charge is 0.220 e. The van der Waals surface area contributed by atoms with E-state index in [1.54, 1.807) is 13.2 Å². The summed E-state index contributed by atoms with van der Waals surface area (Å²) < 4.78 is 20.7. The fraction of sp³-hybridized carbons (Fsp3) is 0.259. The van der Waals surface area contributed by atoms with Crippen molar-refractivity contribution in [3.05, 3.63) is 96.7 Å². The molecular weight excluding hydrogens is 652 g/mol. The summed E-state index contributed by atoms with van der Waals surface area (Å²) in [4.78, 5) is 11.4. The summed E-state index contributed by atoms with van der Waals surface area (Å²) in [5.74, 6) is 2.40. The molecule has 0 N–H and O–H groups in total. The molecule has 0 spiro atoms. The molecule has 0 amide bonds. The Hall–Kier alpha value is -3.09. The van der Waals surface area contributed by atoms with Crippen molar-refractivity contribution in [3.63, 3.8) is 0 Å². The fourth-order valence-electron chi connectivity index (χ4n) is 3.85. The Morgan fingerprint density at radius 3 is 2.41 bits per heavy atom. The zero-order chi connectivity index (χ0) is 27.9. The van der Waals surface area contributed by atoms with Crippen molar-refractivity contribution in [2.24, 2.45) is 0 Å². The van der Waals surface area contributed by atoms with E-state index in [9.17, 15) is 10.1 Å². The molecule has 0 saturated heterocycles. The number of methoxy groups -OCH3 is 1. The van der Waals surface area contributed by atoms with Crippen LogP contribution in [-0.2, 0) is 6.61 Å². The van der Waals surface area contributed by atoms with Gasteiger partial charge in [-0.3, -0.25) is 14.7 Å². The molecule has 0 aliphatic carbocycles. The lowest BCUT2D eigenvalue weighted by molar-refractivity contribution is -0.479. The second-order valence-electron chi connectivity index (χ2n) is 8.36. The molecule has 0 aliphatic rings. The maximum atomic E-state index is 11.7. The second-order valence-corrected chi connectivity index (χ2v) is 11.3. The minimum Gasteiger partial charge on any atom is -0.494 e. The lowest BCUT2D eigenvalue weighted by Crippen LogP contribution is -2.12. The van der Waals surface area contributed by atoms with E-state index in [-0.39, 0.29) is 11.5 Å². The molecule has 12 heteroatoms. The zero-order valence-electron chi connectivity index (χ0n) is 21.5. The van der Waals surface area contributed by atoms with Gasteiger partial charge in [-0.25, -0.2) is 0 Å². The Balaban J connectivity index is 1.62. The van der Waals surface area contributed by atoms with Crippen LogP contribution in [0.4, 0.5) is 0 Å². The molecular formula is C27H26Br2N4O5S. The Labute approximate surface area is 247 Å². The topological polar surface area (TPSA) is 102 Å². The van der Waals surface area contributed by atoms with Gasteiger partial charge in [-0.1, -0.05) is 39.8 Å². The first-order chi connectivity index (χ1) is 18.8. The summed E-state index contributed by atoms with van der Waals surface area (Å²) in [7, 11) is 1.54. The van der Waals surface area contributed by atoms with Crippen molar-refractivity contribution < 1.29 is 19.1 Å². The molecule has 3 aromatic carbocycles. The van der Waals surface area contributed by atoms with Crippen LogP contribution in [0.25, 0.3) is 5.69 Å². The third-order valence-corrected chi connectivity index (χ3v) is 7.98. The molecule has 1 heterocycles. The molecule has 0 aliphatic heterocycles. The third-order valence-electron chi connectivity index (χ3n) is 5.68. The number of benzene rings is 3. The molecule has 0 unspecified atom stereocenters. The van der Waals surface area contributed by atoms with Gasteiger partial charge >= 0.3 is 0 Å². The van der Waals surface area contributed by atoms with E-state index in [4.69, 9.17) is 14.2 Å². The van der Waals surface area contributed by atoms with Gasteiger partial charge in [-0.15, -0.1) is 10.2 Å². The number of ether oxygens (including phenoxy) is 3. The third kappa shape index (κ3) is 7.31. The Morgan fingerprint density at radius 2 is 1.77 bits per heavy atom. The van der Waals surface area contributed by atoms with Crippen LogP contribution >= 0.6 is 43.6 Å². The van der Waals surface area contributed by atoms with E-state index in [1.807, 2.05) is 73.0 Å². The van der Waals surface area contributed by atoms with Gasteiger partial charge in [0.15, 0.2) is 16.7 Å². The van der Waals surface area contributed by atoms with Crippen LogP contribution < -0.4 is 14.2 Å². The molecule has 0 saturated carbocycles. The summed E-state index contributed by atoms with van der Waals surface area (Å²) in [6, 6.07) is 19.0. The molecule has 39 heavy (non-hydrogen) atoms. The average Bonchev–Trinajstić information content (AvgIpc) is 3.28. The SMILES string of the molecule is CCOc1ccc(-n2c(C)nnc2S[C@H](C[N+](=O)[O-])c2cc(Br)c(OCc3ccc(Br)cc3)c(OC)c2)cc1. The number of rotatable bonds is 12. The van der Waals surface area contributed by atoms with E-state index in [2.05, 4.69) is 42.1 Å². The van der Waals surface area contributed by atoms with E-state index in [0.717, 1.165) is 21.5 Å². The first kappa shape index (κ1) is 28.9. The van der Waals surface area contributed by atoms with Crippen molar-refractivity contribution in [2.45, 2.75) is 30.9 Å². The van der Waals surface area contributed by atoms with Crippen molar-refractivity contribution >= 4 is 43.6 Å². The Kier molecular flexibility index (Phi) is 9.87. The van der Waals surface area contributed by atoms with Crippen LogP contribution in [0.3, 0.4) is 0 Å². The molecule has 0 fully saturated rings. The normalized spacial score (nSPS) is 11.7. The predicted molar refractivity (Wildman–Crippen MR) is 157 cm³/mol. The second kappa shape index (κ2) is 13.3. The van der Waals surface area contributed by atoms with Crippen LogP contribution in [0, 0.1) is 17.0 Å². The standard InChI is InChI=1S/C27H26Br2N4O5S/c1-4-37-22-11-9-21(10-12-22)33-17(2)30-31-27(33)39-25(15-32(34)35)19-13-23(29)26(24(14-19)36-3)38-16-18-5-7-20(28)8-6-18/h5-14,25H,4,15-16H2,1-3H3/t25-/m1/s1. The minimum absolute atomic E-state index is 0.325. The van der Waals surface area contributed by atoms with Crippen LogP contribution in [0.1, 0.15) is 29.1 Å². The maximum Gasteiger partial charge on any atom is 0.220 e. The van der Waals surface area contributed by atoms with Gasteiger partial charge < -0.3 is 14.2 Å². The number of hydrogen-bond donors (Lipinski definition) is 0. The van der Waals surface area contributed by atoms with Crippen LogP contribution in [-0.4, -0.2) is 39.9 Å². The van der Waals surface area contributed by atoms with Gasteiger partial charge in [0.1, 0.15) is 23.4 Å². The van der Waals surface area contributed by atoms with E-state index >= 15 is 0 Å². The number of thioether (sulfide) groups is 1. The van der Waals surface area contributed by atoms with Gasteiger partial charge in [-0.05, 0) is 89.4 Å². The Bertz CT molecular complexity index is 1430. The first-order valence-corrected chi connectivity index (χ1v) is 14.4. The van der Waals surface area contributed by atoms with Crippen molar-refractivity contribution in [1.82, 2.24) is 14.8 Å². The number of nitrogens with zero attached hydrogens (tertiary/aromatic N) is 4. The molecule has 9 nitrogen and oxygen atoms in total. The van der Waals surface area contributed by atoms with Gasteiger partial charge in [0.05, 0.1) is 18.2 Å². The lowest BCUT2D eigenvalue weighted by Gasteiger charge is -2.18. The summed E-state index contributed by atoms with van der Waals surface area (Å²) in [5.41, 5.74) is 2.51. The number of halogens is 2. The van der Waals surface area contributed by atoms with Gasteiger partial charge in [-0.2, -0.15) is 0 Å². The quantitative estimate of drug-likeness (QED) is 0.0882. The molecule has 4 rings (SSSR count). The molecule has 1 atom stereocenters. The fourth-order valence-corrected chi connectivity index (χ4v) is 5.84. The lowest BCUT2D eigenvalue weighted by atomic mass is 10.1. The van der Waals surface area contributed by atoms with Crippen molar-refractivity contribution in [3.8, 4) is 22.9 Å². The zero-order valence-corrected chi connectivity index (χ0v) is 25.5. The Morgan fingerprint density at radius 1 is 1.05 bits per heavy atom. The van der Waals surface area contributed by atoms with Crippen LogP contribution in [0.2, 0.25) is 0 Å².